The first kappa shape index (κ1) is 15.6. The summed E-state index contributed by atoms with van der Waals surface area (Å²) in [6.45, 7) is 1.67. The van der Waals surface area contributed by atoms with E-state index in [4.69, 9.17) is 5.73 Å². The summed E-state index contributed by atoms with van der Waals surface area (Å²) in [4.78, 5) is 0.116. The lowest BCUT2D eigenvalue weighted by molar-refractivity contribution is 0.569. The first-order valence-corrected chi connectivity index (χ1v) is 9.10. The molecule has 18 heavy (non-hydrogen) atoms. The summed E-state index contributed by atoms with van der Waals surface area (Å²) in [5, 5.41) is 0. The van der Waals surface area contributed by atoms with Crippen LogP contribution in [0.4, 0.5) is 5.69 Å². The summed E-state index contributed by atoms with van der Waals surface area (Å²) in [5.41, 5.74) is 6.03. The van der Waals surface area contributed by atoms with Crippen LogP contribution >= 0.6 is 15.9 Å². The summed E-state index contributed by atoms with van der Waals surface area (Å²) >= 11 is 3.16. The zero-order valence-corrected chi connectivity index (χ0v) is 13.2. The summed E-state index contributed by atoms with van der Waals surface area (Å²) in [5.74, 6) is 0.270. The van der Waals surface area contributed by atoms with Crippen LogP contribution in [0.5, 0.6) is 0 Å². The zero-order chi connectivity index (χ0) is 13.9. The van der Waals surface area contributed by atoms with Gasteiger partial charge in [0, 0.05) is 39.0 Å². The molecule has 2 unspecified atom stereocenters. The molecule has 0 saturated heterocycles. The normalized spacial score (nSPS) is 15.3. The molecule has 0 spiro atoms. The molecule has 0 fully saturated rings. The second-order valence-corrected chi connectivity index (χ2v) is 7.97. The van der Waals surface area contributed by atoms with Crippen LogP contribution in [0.15, 0.2) is 27.6 Å². The minimum Gasteiger partial charge on any atom is -0.399 e. The highest BCUT2D eigenvalue weighted by Crippen LogP contribution is 2.24. The van der Waals surface area contributed by atoms with E-state index in [-0.39, 0.29) is 10.6 Å². The first-order valence-electron chi connectivity index (χ1n) is 5.10. The van der Waals surface area contributed by atoms with Crippen LogP contribution < -0.4 is 10.5 Å². The predicted molar refractivity (Wildman–Crippen MR) is 77.3 cm³/mol. The first-order chi connectivity index (χ1) is 8.22. The molecule has 0 radical (unpaired) electrons. The molecule has 0 aliphatic rings. The van der Waals surface area contributed by atoms with Crippen molar-refractivity contribution in [2.24, 2.45) is 0 Å². The molecule has 3 N–H and O–H groups in total. The molecule has 2 atom stereocenters. The van der Waals surface area contributed by atoms with Gasteiger partial charge in [-0.3, -0.25) is 4.21 Å². The van der Waals surface area contributed by atoms with Crippen LogP contribution in [0.3, 0.4) is 0 Å². The molecule has 0 saturated carbocycles. The fourth-order valence-electron chi connectivity index (χ4n) is 1.45. The highest BCUT2D eigenvalue weighted by atomic mass is 79.9. The van der Waals surface area contributed by atoms with Crippen LogP contribution in [0.2, 0.25) is 0 Å². The Morgan fingerprint density at radius 3 is 2.61 bits per heavy atom. The standard InChI is InChI=1S/C10H15BrN2O3S2/c1-7(6-17(2)14)13-18(15,16)10-4-3-8(12)5-9(10)11/h3-5,7,13H,6,12H2,1-2H3. The SMILES string of the molecule is CC(CS(C)=O)NS(=O)(=O)c1ccc(N)cc1Br. The van der Waals surface area contributed by atoms with Crippen LogP contribution in [-0.2, 0) is 20.8 Å². The van der Waals surface area contributed by atoms with Crippen LogP contribution in [-0.4, -0.2) is 30.7 Å². The Bertz CT molecular complexity index is 560. The van der Waals surface area contributed by atoms with Gasteiger partial charge in [0.2, 0.25) is 10.0 Å². The minimum atomic E-state index is -3.64. The Balaban J connectivity index is 2.96. The maximum Gasteiger partial charge on any atom is 0.241 e. The Kier molecular flexibility index (Phi) is 5.32. The van der Waals surface area contributed by atoms with Gasteiger partial charge in [-0.1, -0.05) is 0 Å². The largest absolute Gasteiger partial charge is 0.399 e. The molecule has 102 valence electrons. The third kappa shape index (κ3) is 4.34. The number of halogens is 1. The van der Waals surface area contributed by atoms with Gasteiger partial charge in [-0.15, -0.1) is 0 Å². The lowest BCUT2D eigenvalue weighted by Gasteiger charge is -2.14. The third-order valence-electron chi connectivity index (χ3n) is 2.09. The molecule has 0 aliphatic carbocycles. The van der Waals surface area contributed by atoms with Crippen molar-refractivity contribution in [3.05, 3.63) is 22.7 Å². The van der Waals surface area contributed by atoms with Gasteiger partial charge in [0.25, 0.3) is 0 Å². The molecule has 0 bridgehead atoms. The van der Waals surface area contributed by atoms with Crippen molar-refractivity contribution in [2.45, 2.75) is 17.9 Å². The van der Waals surface area contributed by atoms with Crippen molar-refractivity contribution in [1.82, 2.24) is 4.72 Å². The van der Waals surface area contributed by atoms with Crippen molar-refractivity contribution in [3.8, 4) is 0 Å². The quantitative estimate of drug-likeness (QED) is 0.774. The number of rotatable bonds is 5. The average Bonchev–Trinajstić information content (AvgIpc) is 2.13. The molecule has 0 aromatic heterocycles. The number of nitrogens with two attached hydrogens (primary N) is 1. The minimum absolute atomic E-state index is 0.116. The van der Waals surface area contributed by atoms with Gasteiger partial charge in [-0.05, 0) is 41.1 Å². The molecule has 0 heterocycles. The Labute approximate surface area is 118 Å². The van der Waals surface area contributed by atoms with Gasteiger partial charge in [-0.25, -0.2) is 13.1 Å². The van der Waals surface area contributed by atoms with E-state index in [1.807, 2.05) is 0 Å². The molecule has 1 aromatic carbocycles. The predicted octanol–water partition coefficient (Wildman–Crippen LogP) is 1.08. The van der Waals surface area contributed by atoms with E-state index >= 15 is 0 Å². The fourth-order valence-corrected chi connectivity index (χ4v) is 4.68. The second-order valence-electron chi connectivity index (χ2n) is 3.95. The van der Waals surface area contributed by atoms with Gasteiger partial charge < -0.3 is 5.73 Å². The summed E-state index contributed by atoms with van der Waals surface area (Å²) in [6, 6.07) is 4.07. The van der Waals surface area contributed by atoms with E-state index in [1.54, 1.807) is 6.92 Å². The van der Waals surface area contributed by atoms with Gasteiger partial charge in [-0.2, -0.15) is 0 Å². The molecule has 8 heteroatoms. The number of anilines is 1. The average molecular weight is 355 g/mol. The van der Waals surface area contributed by atoms with Crippen molar-refractivity contribution in [2.75, 3.05) is 17.7 Å². The lowest BCUT2D eigenvalue weighted by Crippen LogP contribution is -2.36. The molecule has 1 aromatic rings. The number of nitrogen functional groups attached to an aromatic ring is 1. The number of hydrogen-bond acceptors (Lipinski definition) is 4. The van der Waals surface area contributed by atoms with E-state index in [1.165, 1.54) is 24.5 Å². The zero-order valence-electron chi connectivity index (χ0n) is 10.0. The maximum absolute atomic E-state index is 12.1. The van der Waals surface area contributed by atoms with Crippen molar-refractivity contribution in [3.63, 3.8) is 0 Å². The molecular weight excluding hydrogens is 340 g/mol. The maximum atomic E-state index is 12.1. The molecule has 0 aliphatic heterocycles. The second kappa shape index (κ2) is 6.14. The van der Waals surface area contributed by atoms with Crippen LogP contribution in [0.25, 0.3) is 0 Å². The van der Waals surface area contributed by atoms with Crippen LogP contribution in [0.1, 0.15) is 6.92 Å². The van der Waals surface area contributed by atoms with Gasteiger partial charge in [0.1, 0.15) is 0 Å². The summed E-state index contributed by atoms with van der Waals surface area (Å²) in [7, 11) is -4.69. The number of hydrogen-bond donors (Lipinski definition) is 2. The molecule has 1 rings (SSSR count). The topological polar surface area (TPSA) is 89.3 Å². The van der Waals surface area contributed by atoms with Crippen molar-refractivity contribution in [1.29, 1.82) is 0 Å². The number of benzene rings is 1. The van der Waals surface area contributed by atoms with E-state index in [0.717, 1.165) is 0 Å². The van der Waals surface area contributed by atoms with Crippen LogP contribution in [0, 0.1) is 0 Å². The lowest BCUT2D eigenvalue weighted by atomic mass is 10.3. The summed E-state index contributed by atoms with van der Waals surface area (Å²) < 4.78 is 38.1. The van der Waals surface area contributed by atoms with Crippen molar-refractivity contribution < 1.29 is 12.6 Å². The van der Waals surface area contributed by atoms with Gasteiger partial charge >= 0.3 is 0 Å². The van der Waals surface area contributed by atoms with Gasteiger partial charge in [0.15, 0.2) is 0 Å². The molecular formula is C10H15BrN2O3S2. The van der Waals surface area contributed by atoms with Crippen molar-refractivity contribution >= 4 is 42.4 Å². The van der Waals surface area contributed by atoms with E-state index < -0.39 is 26.9 Å². The Morgan fingerprint density at radius 2 is 2.11 bits per heavy atom. The smallest absolute Gasteiger partial charge is 0.241 e. The van der Waals surface area contributed by atoms with E-state index in [9.17, 15) is 12.6 Å². The Morgan fingerprint density at radius 1 is 1.50 bits per heavy atom. The summed E-state index contributed by atoms with van der Waals surface area (Å²) in [6.07, 6.45) is 1.53. The number of sulfonamides is 1. The molecule has 5 nitrogen and oxygen atoms in total. The highest BCUT2D eigenvalue weighted by Gasteiger charge is 2.20. The number of nitrogens with one attached hydrogen (secondary N) is 1. The van der Waals surface area contributed by atoms with Gasteiger partial charge in [0.05, 0.1) is 4.90 Å². The highest BCUT2D eigenvalue weighted by molar-refractivity contribution is 9.10. The van der Waals surface area contributed by atoms with E-state index in [0.29, 0.717) is 10.2 Å². The Hall–Kier alpha value is -0.440. The fraction of sp³-hybridized carbons (Fsp3) is 0.400. The third-order valence-corrected chi connectivity index (χ3v) is 5.62. The van der Waals surface area contributed by atoms with E-state index in [2.05, 4.69) is 20.7 Å². The monoisotopic (exact) mass is 354 g/mol. The molecule has 0 amide bonds.